The molecule has 2 rings (SSSR count). The first kappa shape index (κ1) is 25.5. The molecule has 0 amide bonds. The summed E-state index contributed by atoms with van der Waals surface area (Å²) in [7, 11) is 0. The fraction of sp³-hybridized carbons (Fsp3) is 0.500. The topological polar surface area (TPSA) is 9.23 Å². The molecule has 25 heavy (non-hydrogen) atoms. The Morgan fingerprint density at radius 1 is 0.640 bits per heavy atom. The van der Waals surface area contributed by atoms with E-state index in [-0.39, 0.29) is 0 Å². The van der Waals surface area contributed by atoms with Gasteiger partial charge >= 0.3 is 0 Å². The largest absolute Gasteiger partial charge is 0.493 e. The SMILES string of the molecule is CC.CC.CC(C)COc1ccccc1.CC(C)Cc1ccccc1. The molecule has 1 heteroatoms. The van der Waals surface area contributed by atoms with Gasteiger partial charge in [-0.15, -0.1) is 0 Å². The molecule has 2 aromatic rings. The molecule has 0 spiro atoms. The monoisotopic (exact) mass is 344 g/mol. The first-order valence-electron chi connectivity index (χ1n) is 9.79. The first-order chi connectivity index (χ1) is 12.1. The lowest BCUT2D eigenvalue weighted by molar-refractivity contribution is 0.271. The smallest absolute Gasteiger partial charge is 0.119 e. The molecule has 0 atom stereocenters. The van der Waals surface area contributed by atoms with Gasteiger partial charge in [0.2, 0.25) is 0 Å². The van der Waals surface area contributed by atoms with Crippen molar-refractivity contribution in [2.75, 3.05) is 6.61 Å². The molecule has 0 radical (unpaired) electrons. The molecule has 0 bridgehead atoms. The molecule has 1 nitrogen and oxygen atoms in total. The van der Waals surface area contributed by atoms with Crippen molar-refractivity contribution < 1.29 is 4.74 Å². The summed E-state index contributed by atoms with van der Waals surface area (Å²) in [5.74, 6) is 2.32. The molecule has 0 N–H and O–H groups in total. The minimum atomic E-state index is 0.593. The van der Waals surface area contributed by atoms with Crippen LogP contribution in [-0.4, -0.2) is 6.61 Å². The number of benzene rings is 2. The van der Waals surface area contributed by atoms with Crippen LogP contribution in [0.25, 0.3) is 0 Å². The lowest BCUT2D eigenvalue weighted by Gasteiger charge is -2.07. The van der Waals surface area contributed by atoms with Crippen LogP contribution in [0.2, 0.25) is 0 Å². The molecule has 0 aromatic heterocycles. The summed E-state index contributed by atoms with van der Waals surface area (Å²) in [4.78, 5) is 0. The van der Waals surface area contributed by atoms with E-state index in [0.717, 1.165) is 18.3 Å². The van der Waals surface area contributed by atoms with Crippen molar-refractivity contribution in [1.29, 1.82) is 0 Å². The third kappa shape index (κ3) is 16.9. The Balaban J connectivity index is 0. The van der Waals surface area contributed by atoms with E-state index in [4.69, 9.17) is 4.74 Å². The van der Waals surface area contributed by atoms with Crippen LogP contribution in [0.5, 0.6) is 5.75 Å². The molecular weight excluding hydrogens is 304 g/mol. The predicted octanol–water partition coefficient (Wildman–Crippen LogP) is 7.66. The lowest BCUT2D eigenvalue weighted by atomic mass is 10.0. The van der Waals surface area contributed by atoms with Crippen LogP contribution in [0, 0.1) is 11.8 Å². The molecule has 0 aliphatic carbocycles. The average molecular weight is 345 g/mol. The number of para-hydroxylation sites is 1. The van der Waals surface area contributed by atoms with Gasteiger partial charge in [0.1, 0.15) is 5.75 Å². The average Bonchev–Trinajstić information content (AvgIpc) is 2.65. The maximum atomic E-state index is 5.47. The zero-order chi connectivity index (χ0) is 19.5. The van der Waals surface area contributed by atoms with E-state index in [9.17, 15) is 0 Å². The van der Waals surface area contributed by atoms with E-state index in [0.29, 0.717) is 5.92 Å². The van der Waals surface area contributed by atoms with Crippen LogP contribution in [0.15, 0.2) is 60.7 Å². The summed E-state index contributed by atoms with van der Waals surface area (Å²) < 4.78 is 5.47. The van der Waals surface area contributed by atoms with Gasteiger partial charge in [-0.3, -0.25) is 0 Å². The summed E-state index contributed by atoms with van der Waals surface area (Å²) in [6.45, 7) is 17.6. The van der Waals surface area contributed by atoms with Crippen LogP contribution in [0.3, 0.4) is 0 Å². The lowest BCUT2D eigenvalue weighted by Crippen LogP contribution is -2.03. The molecule has 0 heterocycles. The summed E-state index contributed by atoms with van der Waals surface area (Å²) in [6.07, 6.45) is 1.20. The van der Waals surface area contributed by atoms with Crippen molar-refractivity contribution in [3.8, 4) is 5.75 Å². The molecule has 0 fully saturated rings. The van der Waals surface area contributed by atoms with Crippen molar-refractivity contribution in [3.63, 3.8) is 0 Å². The number of ether oxygens (including phenoxy) is 1. The second-order valence-electron chi connectivity index (χ2n) is 6.10. The zero-order valence-electron chi connectivity index (χ0n) is 17.8. The molecule has 0 unspecified atom stereocenters. The molecule has 0 saturated heterocycles. The standard InChI is InChI=1S/C10H14O.C10H14.2C2H6/c1-9(2)8-11-10-6-4-3-5-7-10;1-9(2)8-10-6-4-3-5-7-10;2*1-2/h3-7,9H,8H2,1-2H3;3-7,9H,8H2,1-2H3;2*1-2H3. The van der Waals surface area contributed by atoms with Crippen LogP contribution >= 0.6 is 0 Å². The highest BCUT2D eigenvalue weighted by Gasteiger charge is 1.94. The van der Waals surface area contributed by atoms with Gasteiger partial charge in [-0.2, -0.15) is 0 Å². The second kappa shape index (κ2) is 18.6. The van der Waals surface area contributed by atoms with E-state index in [1.54, 1.807) is 0 Å². The highest BCUT2D eigenvalue weighted by Crippen LogP contribution is 2.09. The van der Waals surface area contributed by atoms with Crippen LogP contribution in [0.1, 0.15) is 61.0 Å². The van der Waals surface area contributed by atoms with Crippen molar-refractivity contribution in [1.82, 2.24) is 0 Å². The molecule has 0 aliphatic rings. The van der Waals surface area contributed by atoms with Gasteiger partial charge in [-0.25, -0.2) is 0 Å². The number of hydrogen-bond donors (Lipinski definition) is 0. The zero-order valence-corrected chi connectivity index (χ0v) is 17.8. The quantitative estimate of drug-likeness (QED) is 0.541. The number of rotatable bonds is 5. The van der Waals surface area contributed by atoms with Gasteiger partial charge in [0.15, 0.2) is 0 Å². The highest BCUT2D eigenvalue weighted by molar-refractivity contribution is 5.20. The fourth-order valence-corrected chi connectivity index (χ4v) is 1.87. The maximum Gasteiger partial charge on any atom is 0.119 e. The molecule has 0 aliphatic heterocycles. The van der Waals surface area contributed by atoms with Crippen molar-refractivity contribution in [2.24, 2.45) is 11.8 Å². The Bertz CT molecular complexity index is 460. The second-order valence-corrected chi connectivity index (χ2v) is 6.10. The van der Waals surface area contributed by atoms with E-state index >= 15 is 0 Å². The summed E-state index contributed by atoms with van der Waals surface area (Å²) in [5.41, 5.74) is 1.44. The minimum Gasteiger partial charge on any atom is -0.493 e. The summed E-state index contributed by atoms with van der Waals surface area (Å²) in [6, 6.07) is 20.5. The Hall–Kier alpha value is -1.76. The third-order valence-corrected chi connectivity index (χ3v) is 2.81. The normalized spacial score (nSPS) is 9.04. The van der Waals surface area contributed by atoms with Gasteiger partial charge in [0, 0.05) is 0 Å². The van der Waals surface area contributed by atoms with Gasteiger partial charge < -0.3 is 4.74 Å². The predicted molar refractivity (Wildman–Crippen MR) is 114 cm³/mol. The Morgan fingerprint density at radius 3 is 1.48 bits per heavy atom. The molecule has 142 valence electrons. The van der Waals surface area contributed by atoms with Crippen molar-refractivity contribution in [3.05, 3.63) is 66.2 Å². The van der Waals surface area contributed by atoms with Crippen molar-refractivity contribution >= 4 is 0 Å². The van der Waals surface area contributed by atoms with Crippen molar-refractivity contribution in [2.45, 2.75) is 61.8 Å². The van der Waals surface area contributed by atoms with Gasteiger partial charge in [-0.1, -0.05) is 104 Å². The minimum absolute atomic E-state index is 0.593. The van der Waals surface area contributed by atoms with E-state index in [2.05, 4.69) is 58.0 Å². The summed E-state index contributed by atoms with van der Waals surface area (Å²) >= 11 is 0. The van der Waals surface area contributed by atoms with Gasteiger partial charge in [0.05, 0.1) is 6.61 Å². The number of hydrogen-bond acceptors (Lipinski definition) is 1. The molecule has 0 saturated carbocycles. The Kier molecular flexibility index (Phi) is 18.9. The van der Waals surface area contributed by atoms with E-state index in [1.807, 2.05) is 58.0 Å². The van der Waals surface area contributed by atoms with Crippen LogP contribution in [0.4, 0.5) is 0 Å². The first-order valence-corrected chi connectivity index (χ1v) is 9.79. The van der Waals surface area contributed by atoms with Crippen LogP contribution in [-0.2, 0) is 6.42 Å². The summed E-state index contributed by atoms with van der Waals surface area (Å²) in [5, 5.41) is 0. The maximum absolute atomic E-state index is 5.47. The van der Waals surface area contributed by atoms with Crippen LogP contribution < -0.4 is 4.74 Å². The highest BCUT2D eigenvalue weighted by atomic mass is 16.5. The fourth-order valence-electron chi connectivity index (χ4n) is 1.87. The van der Waals surface area contributed by atoms with E-state index < -0.39 is 0 Å². The Labute approximate surface area is 157 Å². The van der Waals surface area contributed by atoms with Gasteiger partial charge in [0.25, 0.3) is 0 Å². The van der Waals surface area contributed by atoms with Gasteiger partial charge in [-0.05, 0) is 36.0 Å². The molecular formula is C24H40O. The van der Waals surface area contributed by atoms with E-state index in [1.165, 1.54) is 12.0 Å². The Morgan fingerprint density at radius 2 is 1.08 bits per heavy atom. The molecule has 2 aromatic carbocycles. The third-order valence-electron chi connectivity index (χ3n) is 2.81.